The molecule has 0 amide bonds. The van der Waals surface area contributed by atoms with Crippen molar-refractivity contribution >= 4 is 16.8 Å². The van der Waals surface area contributed by atoms with E-state index >= 15 is 0 Å². The Balaban J connectivity index is 0.000000177. The van der Waals surface area contributed by atoms with Crippen LogP contribution in [-0.2, 0) is 12.8 Å². The summed E-state index contributed by atoms with van der Waals surface area (Å²) in [6.45, 7) is 4.15. The molecule has 4 aromatic rings. The van der Waals surface area contributed by atoms with E-state index in [1.807, 2.05) is 13.0 Å². The molecule has 8 nitrogen and oxygen atoms in total. The molecule has 0 atom stereocenters. The lowest BCUT2D eigenvalue weighted by atomic mass is 10.0. The highest BCUT2D eigenvalue weighted by Gasteiger charge is 2.19. The maximum Gasteiger partial charge on any atom is 0.196 e. The minimum Gasteiger partial charge on any atom is -0.508 e. The number of ether oxygens (including phenoxy) is 2. The summed E-state index contributed by atoms with van der Waals surface area (Å²) in [6.07, 6.45) is 2.73. The zero-order valence-corrected chi connectivity index (χ0v) is 21.3. The molecule has 196 valence electrons. The number of phenols is 3. The smallest absolute Gasteiger partial charge is 0.196 e. The minimum absolute atomic E-state index is 0.0350. The number of carbonyl (C=O) groups is 1. The molecule has 8 heteroatoms. The molecule has 0 unspecified atom stereocenters. The van der Waals surface area contributed by atoms with Crippen molar-refractivity contribution in [2.75, 3.05) is 13.7 Å². The molecular weight excluding hydrogens is 488 g/mol. The summed E-state index contributed by atoms with van der Waals surface area (Å²) in [5, 5.41) is 29.3. The number of hydrogen-bond donors (Lipinski definition) is 3. The van der Waals surface area contributed by atoms with Crippen LogP contribution in [0.2, 0.25) is 0 Å². The molecule has 0 fully saturated rings. The second-order valence-electron chi connectivity index (χ2n) is 8.99. The Bertz CT molecular complexity index is 1580. The van der Waals surface area contributed by atoms with Crippen molar-refractivity contribution in [1.29, 1.82) is 0 Å². The molecular formula is C30H28O8. The molecule has 1 aliphatic heterocycles. The largest absolute Gasteiger partial charge is 0.508 e. The first kappa shape index (κ1) is 26.3. The predicted molar refractivity (Wildman–Crippen MR) is 143 cm³/mol. The van der Waals surface area contributed by atoms with Crippen LogP contribution in [0.1, 0.15) is 34.2 Å². The van der Waals surface area contributed by atoms with E-state index in [2.05, 4.69) is 0 Å². The van der Waals surface area contributed by atoms with Crippen LogP contribution in [0.4, 0.5) is 0 Å². The summed E-state index contributed by atoms with van der Waals surface area (Å²) in [6, 6.07) is 14.2. The van der Waals surface area contributed by atoms with Gasteiger partial charge in [0.05, 0.1) is 12.7 Å². The van der Waals surface area contributed by atoms with Gasteiger partial charge in [0.2, 0.25) is 0 Å². The summed E-state index contributed by atoms with van der Waals surface area (Å²) in [5.74, 6) is 1.29. The Labute approximate surface area is 219 Å². The fourth-order valence-electron chi connectivity index (χ4n) is 4.07. The highest BCUT2D eigenvalue weighted by molar-refractivity contribution is 6.00. The van der Waals surface area contributed by atoms with Gasteiger partial charge in [-0.2, -0.15) is 0 Å². The van der Waals surface area contributed by atoms with Crippen LogP contribution >= 0.6 is 0 Å². The molecule has 3 aromatic carbocycles. The van der Waals surface area contributed by atoms with Gasteiger partial charge in [-0.05, 0) is 55.7 Å². The van der Waals surface area contributed by atoms with Gasteiger partial charge < -0.3 is 29.2 Å². The van der Waals surface area contributed by atoms with Crippen molar-refractivity contribution in [3.63, 3.8) is 0 Å². The third-order valence-corrected chi connectivity index (χ3v) is 6.10. The third kappa shape index (κ3) is 5.81. The highest BCUT2D eigenvalue weighted by Crippen LogP contribution is 2.37. The second-order valence-corrected chi connectivity index (χ2v) is 8.99. The maximum absolute atomic E-state index is 12.0. The van der Waals surface area contributed by atoms with Crippen molar-refractivity contribution in [2.45, 2.75) is 26.7 Å². The molecule has 0 bridgehead atoms. The lowest BCUT2D eigenvalue weighted by molar-refractivity contribution is 0.0990. The van der Waals surface area contributed by atoms with Gasteiger partial charge in [-0.3, -0.25) is 9.59 Å². The molecule has 3 N–H and O–H groups in total. The molecule has 5 rings (SSSR count). The van der Waals surface area contributed by atoms with E-state index in [-0.39, 0.29) is 45.8 Å². The number of aryl methyl sites for hydroxylation is 1. The van der Waals surface area contributed by atoms with Crippen LogP contribution < -0.4 is 14.9 Å². The molecule has 2 heterocycles. The zero-order valence-electron chi connectivity index (χ0n) is 21.3. The van der Waals surface area contributed by atoms with E-state index in [0.29, 0.717) is 35.7 Å². The maximum atomic E-state index is 12.0. The number of allylic oxidation sites excluding steroid dienone is 1. The standard InChI is InChI=1S/2C15H14O4/c1-8-3-4-10-12(18-7-8)6-13-14(15(10)17)11(16)5-9(2)19-13;1-19-12-5-2-10(3-6-12)8-14(17)13-7-4-11(16)9-15(13)18/h3,5-6,17H,4,7H2,1-2H3;2-7,9,16,18H,8H2,1H3. The summed E-state index contributed by atoms with van der Waals surface area (Å²) in [7, 11) is 1.58. The Kier molecular flexibility index (Phi) is 7.71. The van der Waals surface area contributed by atoms with Crippen LogP contribution in [0.5, 0.6) is 28.7 Å². The van der Waals surface area contributed by atoms with Crippen LogP contribution in [0.25, 0.3) is 11.0 Å². The van der Waals surface area contributed by atoms with Crippen LogP contribution in [-0.4, -0.2) is 34.8 Å². The molecule has 1 aromatic heterocycles. The molecule has 0 spiro atoms. The summed E-state index contributed by atoms with van der Waals surface area (Å²) in [4.78, 5) is 24.0. The van der Waals surface area contributed by atoms with E-state index in [9.17, 15) is 24.9 Å². The van der Waals surface area contributed by atoms with Crippen molar-refractivity contribution in [1.82, 2.24) is 0 Å². The highest BCUT2D eigenvalue weighted by atomic mass is 16.5. The van der Waals surface area contributed by atoms with Crippen molar-refractivity contribution in [3.8, 4) is 28.7 Å². The van der Waals surface area contributed by atoms with Gasteiger partial charge in [0, 0.05) is 30.2 Å². The Hall–Kier alpha value is -4.72. The third-order valence-electron chi connectivity index (χ3n) is 6.10. The van der Waals surface area contributed by atoms with E-state index < -0.39 is 0 Å². The first-order valence-electron chi connectivity index (χ1n) is 11.9. The SMILES string of the molecule is CC1=CCc2c(cc3oc(C)cc(=O)c3c2O)OC1.COc1ccc(CC(=O)c2ccc(O)cc2O)cc1. The van der Waals surface area contributed by atoms with E-state index in [0.717, 1.165) is 23.0 Å². The van der Waals surface area contributed by atoms with Crippen LogP contribution in [0.15, 0.2) is 75.5 Å². The van der Waals surface area contributed by atoms with Crippen molar-refractivity contribution in [3.05, 3.63) is 98.9 Å². The van der Waals surface area contributed by atoms with E-state index in [4.69, 9.17) is 13.9 Å². The quantitative estimate of drug-likeness (QED) is 0.249. The van der Waals surface area contributed by atoms with Gasteiger partial charge in [-0.15, -0.1) is 0 Å². The van der Waals surface area contributed by atoms with Gasteiger partial charge in [-0.25, -0.2) is 0 Å². The normalized spacial score (nSPS) is 12.3. The Morgan fingerprint density at radius 1 is 1.00 bits per heavy atom. The van der Waals surface area contributed by atoms with Gasteiger partial charge in [0.1, 0.15) is 52.1 Å². The topological polar surface area (TPSA) is 126 Å². The molecule has 0 saturated heterocycles. The number of aromatic hydroxyl groups is 3. The number of benzene rings is 3. The number of phenolic OH excluding ortho intramolecular Hbond substituents is 3. The molecule has 1 aliphatic rings. The number of ketones is 1. The molecule has 0 saturated carbocycles. The fourth-order valence-corrected chi connectivity index (χ4v) is 4.07. The van der Waals surface area contributed by atoms with Crippen molar-refractivity contribution in [2.24, 2.45) is 0 Å². The fraction of sp³-hybridized carbons (Fsp3) is 0.200. The molecule has 0 radical (unpaired) electrons. The lowest BCUT2D eigenvalue weighted by Crippen LogP contribution is -2.04. The monoisotopic (exact) mass is 516 g/mol. The summed E-state index contributed by atoms with van der Waals surface area (Å²) in [5.41, 5.74) is 2.90. The summed E-state index contributed by atoms with van der Waals surface area (Å²) >= 11 is 0. The van der Waals surface area contributed by atoms with Gasteiger partial charge in [0.25, 0.3) is 0 Å². The number of hydrogen-bond acceptors (Lipinski definition) is 8. The average Bonchev–Trinajstić information content (AvgIpc) is 3.06. The van der Waals surface area contributed by atoms with Gasteiger partial charge in [-0.1, -0.05) is 18.2 Å². The first-order chi connectivity index (χ1) is 18.2. The number of carbonyl (C=O) groups excluding carboxylic acids is 1. The number of Topliss-reactive ketones (excluding diaryl/α,β-unsaturated/α-hetero) is 1. The van der Waals surface area contributed by atoms with E-state index in [1.165, 1.54) is 18.2 Å². The Morgan fingerprint density at radius 2 is 1.74 bits per heavy atom. The zero-order chi connectivity index (χ0) is 27.4. The van der Waals surface area contributed by atoms with Gasteiger partial charge >= 0.3 is 0 Å². The average molecular weight is 517 g/mol. The van der Waals surface area contributed by atoms with Crippen molar-refractivity contribution < 1.29 is 34.0 Å². The van der Waals surface area contributed by atoms with Crippen LogP contribution in [0, 0.1) is 6.92 Å². The van der Waals surface area contributed by atoms with Crippen LogP contribution in [0.3, 0.4) is 0 Å². The molecule has 38 heavy (non-hydrogen) atoms. The summed E-state index contributed by atoms with van der Waals surface area (Å²) < 4.78 is 16.2. The predicted octanol–water partition coefficient (Wildman–Crippen LogP) is 5.22. The number of fused-ring (bicyclic) bond motifs is 2. The van der Waals surface area contributed by atoms with E-state index in [1.54, 1.807) is 44.4 Å². The number of methoxy groups -OCH3 is 1. The number of rotatable bonds is 4. The first-order valence-corrected chi connectivity index (χ1v) is 11.9. The second kappa shape index (κ2) is 11.1. The Morgan fingerprint density at radius 3 is 2.42 bits per heavy atom. The lowest BCUT2D eigenvalue weighted by Gasteiger charge is -2.11. The molecule has 0 aliphatic carbocycles. The van der Waals surface area contributed by atoms with Gasteiger partial charge in [0.15, 0.2) is 11.2 Å². The minimum atomic E-state index is -0.232.